The van der Waals surface area contributed by atoms with E-state index in [4.69, 9.17) is 0 Å². The number of carbonyl (C=O) groups is 2. The van der Waals surface area contributed by atoms with Crippen LogP contribution in [0.2, 0.25) is 0 Å². The molecule has 6 heteroatoms. The summed E-state index contributed by atoms with van der Waals surface area (Å²) in [5.74, 6) is 0.247. The van der Waals surface area contributed by atoms with Gasteiger partial charge >= 0.3 is 0 Å². The number of amides is 2. The molecule has 0 fully saturated rings. The summed E-state index contributed by atoms with van der Waals surface area (Å²) in [5, 5.41) is 10.7. The summed E-state index contributed by atoms with van der Waals surface area (Å²) in [6.45, 7) is 6.98. The van der Waals surface area contributed by atoms with Gasteiger partial charge in [-0.1, -0.05) is 44.2 Å². The van der Waals surface area contributed by atoms with Gasteiger partial charge in [0.2, 0.25) is 11.8 Å². The highest BCUT2D eigenvalue weighted by Crippen LogP contribution is 2.26. The van der Waals surface area contributed by atoms with E-state index in [-0.39, 0.29) is 30.9 Å². The van der Waals surface area contributed by atoms with E-state index in [2.05, 4.69) is 60.1 Å². The smallest absolute Gasteiger partial charge is 0.239 e. The third-order valence-electron chi connectivity index (χ3n) is 4.07. The molecule has 0 radical (unpaired) electrons. The molecule has 2 rings (SSSR count). The van der Waals surface area contributed by atoms with Gasteiger partial charge in [0.25, 0.3) is 0 Å². The number of hydrogen-bond acceptors (Lipinski definition) is 4. The molecule has 146 valence electrons. The van der Waals surface area contributed by atoms with E-state index in [1.807, 2.05) is 18.4 Å². The van der Waals surface area contributed by atoms with Crippen LogP contribution in [-0.4, -0.2) is 31.4 Å². The van der Waals surface area contributed by atoms with E-state index < -0.39 is 0 Å². The highest BCUT2D eigenvalue weighted by molar-refractivity contribution is 7.10. The van der Waals surface area contributed by atoms with Gasteiger partial charge in [0.15, 0.2) is 0 Å². The van der Waals surface area contributed by atoms with Gasteiger partial charge in [-0.15, -0.1) is 11.3 Å². The molecule has 2 aromatic rings. The van der Waals surface area contributed by atoms with Gasteiger partial charge < -0.3 is 10.6 Å². The quantitative estimate of drug-likeness (QED) is 0.587. The van der Waals surface area contributed by atoms with Crippen molar-refractivity contribution in [3.05, 3.63) is 57.8 Å². The first-order valence-corrected chi connectivity index (χ1v) is 10.3. The van der Waals surface area contributed by atoms with Crippen molar-refractivity contribution in [2.24, 2.45) is 5.92 Å². The summed E-state index contributed by atoms with van der Waals surface area (Å²) in [4.78, 5) is 24.7. The number of nitrogens with one attached hydrogen (secondary N) is 3. The van der Waals surface area contributed by atoms with Crippen molar-refractivity contribution >= 4 is 23.2 Å². The molecule has 0 unspecified atom stereocenters. The second kappa shape index (κ2) is 10.8. The molecule has 1 heterocycles. The van der Waals surface area contributed by atoms with Crippen LogP contribution in [0.4, 0.5) is 0 Å². The Morgan fingerprint density at radius 1 is 1.00 bits per heavy atom. The number of hydrogen-bond donors (Lipinski definition) is 3. The highest BCUT2D eigenvalue weighted by atomic mass is 32.1. The van der Waals surface area contributed by atoms with Crippen molar-refractivity contribution in [2.75, 3.05) is 19.6 Å². The van der Waals surface area contributed by atoms with E-state index in [1.54, 1.807) is 11.3 Å². The highest BCUT2D eigenvalue weighted by Gasteiger charge is 2.16. The van der Waals surface area contributed by atoms with E-state index in [1.165, 1.54) is 5.56 Å². The van der Waals surface area contributed by atoms with Crippen LogP contribution in [0.5, 0.6) is 0 Å². The molecule has 1 aromatic heterocycles. The first-order valence-electron chi connectivity index (χ1n) is 9.38. The number of likely N-dealkylation sites (N-methyl/N-ethyl adjacent to an activating group) is 1. The summed E-state index contributed by atoms with van der Waals surface area (Å²) in [6, 6.07) is 12.6. The van der Waals surface area contributed by atoms with E-state index >= 15 is 0 Å². The predicted molar refractivity (Wildman–Crippen MR) is 111 cm³/mol. The van der Waals surface area contributed by atoms with Crippen molar-refractivity contribution in [2.45, 2.75) is 33.2 Å². The Balaban J connectivity index is 1.99. The maximum Gasteiger partial charge on any atom is 0.239 e. The lowest BCUT2D eigenvalue weighted by atomic mass is 9.99. The zero-order valence-corrected chi connectivity index (χ0v) is 17.1. The lowest BCUT2D eigenvalue weighted by molar-refractivity contribution is -0.125. The molecular formula is C21H29N3O2S. The summed E-state index contributed by atoms with van der Waals surface area (Å²) in [5.41, 5.74) is 2.44. The van der Waals surface area contributed by atoms with Gasteiger partial charge in [-0.2, -0.15) is 0 Å². The van der Waals surface area contributed by atoms with Crippen LogP contribution in [0.1, 0.15) is 42.8 Å². The Morgan fingerprint density at radius 2 is 1.70 bits per heavy atom. The molecule has 3 N–H and O–H groups in total. The third-order valence-corrected chi connectivity index (χ3v) is 5.01. The van der Waals surface area contributed by atoms with Gasteiger partial charge in [-0.3, -0.25) is 14.9 Å². The van der Waals surface area contributed by atoms with Crippen molar-refractivity contribution in [1.82, 2.24) is 16.0 Å². The Bertz CT molecular complexity index is 712. The largest absolute Gasteiger partial charge is 0.355 e. The molecule has 0 saturated carbocycles. The summed E-state index contributed by atoms with van der Waals surface area (Å²) in [7, 11) is 0. The van der Waals surface area contributed by atoms with Crippen LogP contribution in [0, 0.1) is 5.92 Å². The Hall–Kier alpha value is -2.18. The minimum absolute atomic E-state index is 0.00191. The third kappa shape index (κ3) is 7.15. The SMILES string of the molecule is CCNC(=O)CNC(=O)CN[C@@H](c1ccc(CC(C)C)cc1)c1cccs1. The van der Waals surface area contributed by atoms with Crippen LogP contribution in [0.25, 0.3) is 0 Å². The minimum atomic E-state index is -0.195. The molecule has 0 aliphatic heterocycles. The molecule has 0 aliphatic carbocycles. The topological polar surface area (TPSA) is 70.2 Å². The molecule has 0 bridgehead atoms. The molecule has 5 nitrogen and oxygen atoms in total. The van der Waals surface area contributed by atoms with Gasteiger partial charge in [0.1, 0.15) is 0 Å². The Labute approximate surface area is 165 Å². The van der Waals surface area contributed by atoms with Gasteiger partial charge in [0, 0.05) is 11.4 Å². The summed E-state index contributed by atoms with van der Waals surface area (Å²) in [6.07, 6.45) is 1.06. The average Bonchev–Trinajstić information content (AvgIpc) is 3.15. The van der Waals surface area contributed by atoms with Crippen molar-refractivity contribution in [1.29, 1.82) is 0 Å². The molecule has 0 aliphatic rings. The minimum Gasteiger partial charge on any atom is -0.355 e. The number of carbonyl (C=O) groups excluding carboxylic acids is 2. The first kappa shape index (κ1) is 21.1. The Kier molecular flexibility index (Phi) is 8.48. The van der Waals surface area contributed by atoms with Crippen LogP contribution < -0.4 is 16.0 Å². The lowest BCUT2D eigenvalue weighted by Crippen LogP contribution is -2.41. The zero-order chi connectivity index (χ0) is 19.6. The van der Waals surface area contributed by atoms with Crippen LogP contribution in [0.3, 0.4) is 0 Å². The number of rotatable bonds is 10. The standard InChI is InChI=1S/C21H29N3O2S/c1-4-22-19(25)13-23-20(26)14-24-21(18-6-5-11-27-18)17-9-7-16(8-10-17)12-15(2)3/h5-11,15,21,24H,4,12-14H2,1-3H3,(H,22,25)(H,23,26)/t21-/m0/s1. The van der Waals surface area contributed by atoms with Crippen LogP contribution in [-0.2, 0) is 16.0 Å². The second-order valence-corrected chi connectivity index (χ2v) is 7.88. The molecule has 2 amide bonds. The van der Waals surface area contributed by atoms with Crippen molar-refractivity contribution in [3.8, 4) is 0 Å². The molecule has 0 spiro atoms. The van der Waals surface area contributed by atoms with E-state index in [9.17, 15) is 9.59 Å². The second-order valence-electron chi connectivity index (χ2n) is 6.90. The van der Waals surface area contributed by atoms with Crippen molar-refractivity contribution in [3.63, 3.8) is 0 Å². The average molecular weight is 388 g/mol. The van der Waals surface area contributed by atoms with Gasteiger partial charge in [0.05, 0.1) is 19.1 Å². The monoisotopic (exact) mass is 387 g/mol. The number of thiophene rings is 1. The van der Waals surface area contributed by atoms with Gasteiger partial charge in [-0.25, -0.2) is 0 Å². The maximum absolute atomic E-state index is 12.1. The predicted octanol–water partition coefficient (Wildman–Crippen LogP) is 2.88. The lowest BCUT2D eigenvalue weighted by Gasteiger charge is -2.18. The molecule has 1 atom stereocenters. The molecular weight excluding hydrogens is 358 g/mol. The fraction of sp³-hybridized carbons (Fsp3) is 0.429. The van der Waals surface area contributed by atoms with Crippen molar-refractivity contribution < 1.29 is 9.59 Å². The molecule has 27 heavy (non-hydrogen) atoms. The maximum atomic E-state index is 12.1. The molecule has 1 aromatic carbocycles. The fourth-order valence-corrected chi connectivity index (χ4v) is 3.68. The van der Waals surface area contributed by atoms with E-state index in [0.29, 0.717) is 12.5 Å². The van der Waals surface area contributed by atoms with E-state index in [0.717, 1.165) is 16.9 Å². The van der Waals surface area contributed by atoms with Crippen LogP contribution in [0.15, 0.2) is 41.8 Å². The molecule has 0 saturated heterocycles. The fourth-order valence-electron chi connectivity index (χ4n) is 2.85. The van der Waals surface area contributed by atoms with Crippen LogP contribution >= 0.6 is 11.3 Å². The number of benzene rings is 1. The normalized spacial score (nSPS) is 12.0. The first-order chi connectivity index (χ1) is 13.0. The summed E-state index contributed by atoms with van der Waals surface area (Å²) < 4.78 is 0. The zero-order valence-electron chi connectivity index (χ0n) is 16.2. The summed E-state index contributed by atoms with van der Waals surface area (Å²) >= 11 is 1.66. The van der Waals surface area contributed by atoms with Gasteiger partial charge in [-0.05, 0) is 41.8 Å². The Morgan fingerprint density at radius 3 is 2.30 bits per heavy atom.